The molecule has 1 fully saturated rings. The van der Waals surface area contributed by atoms with Gasteiger partial charge in [0, 0.05) is 6.54 Å². The van der Waals surface area contributed by atoms with E-state index in [0.29, 0.717) is 6.54 Å². The molecule has 0 spiro atoms. The highest BCUT2D eigenvalue weighted by atomic mass is 16.2. The van der Waals surface area contributed by atoms with E-state index in [2.05, 4.69) is 24.4 Å². The van der Waals surface area contributed by atoms with E-state index in [9.17, 15) is 4.79 Å². The maximum absolute atomic E-state index is 11.7. The predicted octanol–water partition coefficient (Wildman–Crippen LogP) is 1.89. The second-order valence-electron chi connectivity index (χ2n) is 5.12. The molecule has 18 heavy (non-hydrogen) atoms. The molecule has 0 unspecified atom stereocenters. The molecule has 0 atom stereocenters. The van der Waals surface area contributed by atoms with Crippen LogP contribution >= 0.6 is 0 Å². The predicted molar refractivity (Wildman–Crippen MR) is 71.3 cm³/mol. The van der Waals surface area contributed by atoms with Gasteiger partial charge in [-0.1, -0.05) is 31.2 Å². The summed E-state index contributed by atoms with van der Waals surface area (Å²) in [5, 5.41) is 10.4. The third kappa shape index (κ3) is 2.10. The molecule has 0 bridgehead atoms. The van der Waals surface area contributed by atoms with Crippen molar-refractivity contribution in [2.45, 2.75) is 39.3 Å². The van der Waals surface area contributed by atoms with Crippen molar-refractivity contribution in [3.8, 4) is 0 Å². The van der Waals surface area contributed by atoms with Crippen LogP contribution in [0.2, 0.25) is 0 Å². The second-order valence-corrected chi connectivity index (χ2v) is 5.12. The van der Waals surface area contributed by atoms with Crippen LogP contribution in [-0.2, 0) is 17.8 Å². The van der Waals surface area contributed by atoms with Crippen molar-refractivity contribution in [3.63, 3.8) is 0 Å². The van der Waals surface area contributed by atoms with Crippen molar-refractivity contribution in [2.24, 2.45) is 0 Å². The highest BCUT2D eigenvalue weighted by Gasteiger charge is 2.43. The van der Waals surface area contributed by atoms with Crippen LogP contribution in [0.5, 0.6) is 0 Å². The van der Waals surface area contributed by atoms with Crippen LogP contribution in [0.3, 0.4) is 0 Å². The molecule has 1 amide bonds. The van der Waals surface area contributed by atoms with Gasteiger partial charge in [-0.2, -0.15) is 0 Å². The van der Waals surface area contributed by atoms with Crippen molar-refractivity contribution < 1.29 is 4.79 Å². The first-order chi connectivity index (χ1) is 8.45. The summed E-state index contributed by atoms with van der Waals surface area (Å²) in [7, 11) is 0. The Morgan fingerprint density at radius 2 is 2.00 bits per heavy atom. The zero-order valence-electron chi connectivity index (χ0n) is 11.1. The van der Waals surface area contributed by atoms with Crippen molar-refractivity contribution in [1.82, 2.24) is 10.2 Å². The molecule has 96 valence electrons. The number of amides is 1. The van der Waals surface area contributed by atoms with E-state index in [1.807, 2.05) is 26.0 Å². The number of guanidine groups is 1. The van der Waals surface area contributed by atoms with Crippen LogP contribution in [0.15, 0.2) is 24.3 Å². The monoisotopic (exact) mass is 245 g/mol. The highest BCUT2D eigenvalue weighted by Crippen LogP contribution is 2.23. The van der Waals surface area contributed by atoms with Crippen LogP contribution in [0.1, 0.15) is 31.9 Å². The minimum absolute atomic E-state index is 0.112. The van der Waals surface area contributed by atoms with Gasteiger partial charge in [0.25, 0.3) is 5.91 Å². The number of nitrogens with one attached hydrogen (secondary N) is 2. The average Bonchev–Trinajstić information content (AvgIpc) is 2.52. The minimum atomic E-state index is -0.653. The fourth-order valence-electron chi connectivity index (χ4n) is 2.14. The number of rotatable bonds is 3. The molecule has 0 saturated carbocycles. The van der Waals surface area contributed by atoms with E-state index in [0.717, 1.165) is 12.0 Å². The standard InChI is InChI=1S/C14H19N3O/c1-4-10-6-5-7-11(8-10)9-17-13(15)16-12(18)14(17,2)3/h5-8H,4,9H2,1-3H3,(H2,15,16,18). The van der Waals surface area contributed by atoms with Gasteiger partial charge >= 0.3 is 0 Å². The Kier molecular flexibility index (Phi) is 3.11. The molecular formula is C14H19N3O. The van der Waals surface area contributed by atoms with Gasteiger partial charge < -0.3 is 4.90 Å². The molecule has 1 aliphatic heterocycles. The van der Waals surface area contributed by atoms with Gasteiger partial charge in [0.2, 0.25) is 0 Å². The summed E-state index contributed by atoms with van der Waals surface area (Å²) in [6.45, 7) is 6.38. The lowest BCUT2D eigenvalue weighted by Crippen LogP contribution is -2.43. The summed E-state index contributed by atoms with van der Waals surface area (Å²) in [6, 6.07) is 8.28. The fraction of sp³-hybridized carbons (Fsp3) is 0.429. The summed E-state index contributed by atoms with van der Waals surface area (Å²) in [4.78, 5) is 13.5. The maximum Gasteiger partial charge on any atom is 0.252 e. The molecule has 0 aromatic heterocycles. The van der Waals surface area contributed by atoms with Crippen molar-refractivity contribution in [1.29, 1.82) is 5.41 Å². The number of hydrogen-bond acceptors (Lipinski definition) is 2. The lowest BCUT2D eigenvalue weighted by molar-refractivity contribution is -0.125. The summed E-state index contributed by atoms with van der Waals surface area (Å²) in [5.41, 5.74) is 1.75. The first kappa shape index (κ1) is 12.6. The fourth-order valence-corrected chi connectivity index (χ4v) is 2.14. The summed E-state index contributed by atoms with van der Waals surface area (Å²) in [5.74, 6) is 0.0750. The minimum Gasteiger partial charge on any atom is -0.324 e. The van der Waals surface area contributed by atoms with Crippen LogP contribution in [0.25, 0.3) is 0 Å². The van der Waals surface area contributed by atoms with Crippen molar-refractivity contribution in [2.75, 3.05) is 0 Å². The van der Waals surface area contributed by atoms with Crippen molar-refractivity contribution in [3.05, 3.63) is 35.4 Å². The molecule has 1 aromatic carbocycles. The number of aryl methyl sites for hydroxylation is 1. The van der Waals surface area contributed by atoms with Crippen LogP contribution in [-0.4, -0.2) is 22.3 Å². The maximum atomic E-state index is 11.7. The Balaban J connectivity index is 2.23. The quantitative estimate of drug-likeness (QED) is 0.854. The number of nitrogens with zero attached hydrogens (tertiary/aromatic N) is 1. The third-order valence-corrected chi connectivity index (χ3v) is 3.47. The molecule has 0 aliphatic carbocycles. The van der Waals surface area contributed by atoms with E-state index < -0.39 is 5.54 Å². The molecule has 2 N–H and O–H groups in total. The number of hydrogen-bond donors (Lipinski definition) is 2. The van der Waals surface area contributed by atoms with Crippen LogP contribution in [0.4, 0.5) is 0 Å². The number of carbonyl (C=O) groups is 1. The van der Waals surface area contributed by atoms with Gasteiger partial charge in [0.05, 0.1) is 0 Å². The SMILES string of the molecule is CCc1cccc(CN2C(=N)NC(=O)C2(C)C)c1. The van der Waals surface area contributed by atoms with Crippen LogP contribution < -0.4 is 5.32 Å². The number of benzene rings is 1. The Morgan fingerprint density at radius 1 is 1.33 bits per heavy atom. The zero-order valence-corrected chi connectivity index (χ0v) is 11.1. The van der Waals surface area contributed by atoms with Crippen molar-refractivity contribution >= 4 is 11.9 Å². The molecule has 0 radical (unpaired) electrons. The lowest BCUT2D eigenvalue weighted by Gasteiger charge is -2.29. The smallest absolute Gasteiger partial charge is 0.252 e. The Bertz CT molecular complexity index is 494. The molecule has 4 heteroatoms. The summed E-state index contributed by atoms with van der Waals surface area (Å²) < 4.78 is 0. The molecule has 4 nitrogen and oxygen atoms in total. The van der Waals surface area contributed by atoms with E-state index in [-0.39, 0.29) is 11.9 Å². The molecule has 1 aromatic rings. The molecule has 1 aliphatic rings. The largest absolute Gasteiger partial charge is 0.324 e. The highest BCUT2D eigenvalue weighted by molar-refractivity contribution is 6.07. The Labute approximate surface area is 108 Å². The van der Waals surface area contributed by atoms with Gasteiger partial charge in [-0.15, -0.1) is 0 Å². The van der Waals surface area contributed by atoms with E-state index in [1.165, 1.54) is 5.56 Å². The van der Waals surface area contributed by atoms with E-state index in [4.69, 9.17) is 5.41 Å². The van der Waals surface area contributed by atoms with Gasteiger partial charge in [0.1, 0.15) is 5.54 Å². The normalized spacial score (nSPS) is 18.1. The summed E-state index contributed by atoms with van der Waals surface area (Å²) >= 11 is 0. The molecular weight excluding hydrogens is 226 g/mol. The second kappa shape index (κ2) is 4.44. The van der Waals surface area contributed by atoms with Gasteiger partial charge in [-0.25, -0.2) is 0 Å². The van der Waals surface area contributed by atoms with Gasteiger partial charge in [-0.05, 0) is 31.4 Å². The zero-order chi connectivity index (χ0) is 13.3. The van der Waals surface area contributed by atoms with E-state index >= 15 is 0 Å². The summed E-state index contributed by atoms with van der Waals surface area (Å²) in [6.07, 6.45) is 0.992. The van der Waals surface area contributed by atoms with Crippen LogP contribution in [0, 0.1) is 5.41 Å². The molecule has 1 saturated heterocycles. The third-order valence-electron chi connectivity index (χ3n) is 3.47. The average molecular weight is 245 g/mol. The van der Waals surface area contributed by atoms with Gasteiger partial charge in [0.15, 0.2) is 5.96 Å². The first-order valence-corrected chi connectivity index (χ1v) is 6.20. The molecule has 1 heterocycles. The number of carbonyl (C=O) groups excluding carboxylic acids is 1. The van der Waals surface area contributed by atoms with E-state index in [1.54, 1.807) is 4.90 Å². The first-order valence-electron chi connectivity index (χ1n) is 6.20. The molecule has 2 rings (SSSR count). The Hall–Kier alpha value is -1.84. The lowest BCUT2D eigenvalue weighted by atomic mass is 10.0. The van der Waals surface area contributed by atoms with Gasteiger partial charge in [-0.3, -0.25) is 15.5 Å². The Morgan fingerprint density at radius 3 is 2.56 bits per heavy atom. The topological polar surface area (TPSA) is 56.2 Å².